The fourth-order valence-electron chi connectivity index (χ4n) is 3.45. The Morgan fingerprint density at radius 1 is 0.345 bits per heavy atom. The van der Waals surface area contributed by atoms with Crippen LogP contribution in [0.15, 0.2) is 121 Å². The van der Waals surface area contributed by atoms with E-state index in [1.807, 2.05) is 0 Å². The minimum Gasteiger partial charge on any atom is -0.0622 e. The molecule has 0 saturated heterocycles. The van der Waals surface area contributed by atoms with Crippen LogP contribution in [-0.4, -0.2) is 12.3 Å². The summed E-state index contributed by atoms with van der Waals surface area (Å²) in [5.74, 6) is 0. The topological polar surface area (TPSA) is 0 Å². The first kappa shape index (κ1) is 21.9. The third kappa shape index (κ3) is 5.88. The first-order valence-electron chi connectivity index (χ1n) is 9.67. The van der Waals surface area contributed by atoms with Crippen molar-refractivity contribution in [3.8, 4) is 0 Å². The molecular formula is C26H24CoP2+2. The molecule has 29 heavy (non-hydrogen) atoms. The molecule has 0 saturated carbocycles. The van der Waals surface area contributed by atoms with Gasteiger partial charge in [0.25, 0.3) is 0 Å². The van der Waals surface area contributed by atoms with Gasteiger partial charge in [0.15, 0.2) is 0 Å². The molecule has 4 aromatic carbocycles. The van der Waals surface area contributed by atoms with Gasteiger partial charge in [-0.15, -0.1) is 0 Å². The molecule has 0 atom stereocenters. The van der Waals surface area contributed by atoms with Crippen LogP contribution in [0, 0.1) is 0 Å². The van der Waals surface area contributed by atoms with Gasteiger partial charge in [0.1, 0.15) is 0 Å². The second kappa shape index (κ2) is 11.4. The molecule has 0 fully saturated rings. The van der Waals surface area contributed by atoms with Crippen molar-refractivity contribution in [1.82, 2.24) is 0 Å². The number of hydrogen-bond acceptors (Lipinski definition) is 0. The number of rotatable bonds is 7. The van der Waals surface area contributed by atoms with Crippen molar-refractivity contribution in [3.63, 3.8) is 0 Å². The molecule has 0 aromatic heterocycles. The largest absolute Gasteiger partial charge is 2.00 e. The van der Waals surface area contributed by atoms with E-state index < -0.39 is 0 Å². The summed E-state index contributed by atoms with van der Waals surface area (Å²) in [7, 11) is -0.696. The Kier molecular flexibility index (Phi) is 8.65. The molecule has 3 heteroatoms. The molecule has 0 heterocycles. The van der Waals surface area contributed by atoms with Crippen LogP contribution in [0.4, 0.5) is 0 Å². The Labute approximate surface area is 187 Å². The van der Waals surface area contributed by atoms with E-state index in [0.717, 1.165) is 0 Å². The zero-order chi connectivity index (χ0) is 19.0. The predicted molar refractivity (Wildman–Crippen MR) is 128 cm³/mol. The van der Waals surface area contributed by atoms with E-state index in [1.165, 1.54) is 33.5 Å². The molecule has 0 spiro atoms. The first-order chi connectivity index (χ1) is 13.9. The Hall–Kier alpha value is -1.75. The molecule has 4 rings (SSSR count). The quantitative estimate of drug-likeness (QED) is 0.333. The van der Waals surface area contributed by atoms with Crippen molar-refractivity contribution >= 4 is 37.1 Å². The van der Waals surface area contributed by atoms with Crippen molar-refractivity contribution in [2.24, 2.45) is 0 Å². The molecule has 4 aromatic rings. The van der Waals surface area contributed by atoms with Crippen LogP contribution >= 0.6 is 15.8 Å². The average Bonchev–Trinajstić information content (AvgIpc) is 2.79. The number of benzene rings is 4. The SMILES string of the molecule is [Co+2].c1ccc(P(CCP(c2ccccc2)c2ccccc2)c2ccccc2)cc1. The predicted octanol–water partition coefficient (Wildman–Crippen LogP) is 5.25. The third-order valence-electron chi connectivity index (χ3n) is 4.82. The van der Waals surface area contributed by atoms with Gasteiger partial charge in [0, 0.05) is 0 Å². The monoisotopic (exact) mass is 457 g/mol. The van der Waals surface area contributed by atoms with Crippen LogP contribution in [0.2, 0.25) is 0 Å². The molecule has 0 N–H and O–H groups in total. The van der Waals surface area contributed by atoms with Gasteiger partial charge in [-0.3, -0.25) is 0 Å². The zero-order valence-corrected chi connectivity index (χ0v) is 19.0. The maximum atomic E-state index is 2.30. The minimum atomic E-state index is -0.348. The molecule has 0 unspecified atom stereocenters. The molecule has 0 aliphatic rings. The number of hydrogen-bond donors (Lipinski definition) is 0. The van der Waals surface area contributed by atoms with Crippen LogP contribution in [0.5, 0.6) is 0 Å². The van der Waals surface area contributed by atoms with E-state index in [0.29, 0.717) is 0 Å². The van der Waals surface area contributed by atoms with Gasteiger partial charge in [-0.1, -0.05) is 121 Å². The van der Waals surface area contributed by atoms with Gasteiger partial charge < -0.3 is 0 Å². The van der Waals surface area contributed by atoms with Crippen molar-refractivity contribution in [2.45, 2.75) is 0 Å². The standard InChI is InChI=1S/C26H24P2.Co/c1-5-13-23(14-6-1)27(24-15-7-2-8-16-24)21-22-28(25-17-9-3-10-18-25)26-19-11-4-12-20-26;/h1-20H,21-22H2;/q;+2. The van der Waals surface area contributed by atoms with Crippen molar-refractivity contribution in [1.29, 1.82) is 0 Å². The summed E-state index contributed by atoms with van der Waals surface area (Å²) in [4.78, 5) is 0. The Balaban J connectivity index is 0.00000240. The molecule has 0 amide bonds. The molecule has 145 valence electrons. The normalized spacial score (nSPS) is 10.7. The molecule has 0 nitrogen and oxygen atoms in total. The maximum absolute atomic E-state index is 2.30. The van der Waals surface area contributed by atoms with E-state index >= 15 is 0 Å². The van der Waals surface area contributed by atoms with Gasteiger partial charge in [-0.05, 0) is 49.4 Å². The average molecular weight is 457 g/mol. The van der Waals surface area contributed by atoms with Crippen LogP contribution in [0.25, 0.3) is 0 Å². The van der Waals surface area contributed by atoms with Gasteiger partial charge in [-0.25, -0.2) is 0 Å². The van der Waals surface area contributed by atoms with Crippen LogP contribution in [0.3, 0.4) is 0 Å². The van der Waals surface area contributed by atoms with Crippen molar-refractivity contribution in [2.75, 3.05) is 12.3 Å². The zero-order valence-electron chi connectivity index (χ0n) is 16.2. The summed E-state index contributed by atoms with van der Waals surface area (Å²) in [6.45, 7) is 0. The van der Waals surface area contributed by atoms with E-state index in [1.54, 1.807) is 0 Å². The Morgan fingerprint density at radius 2 is 0.552 bits per heavy atom. The van der Waals surface area contributed by atoms with E-state index in [9.17, 15) is 0 Å². The molecule has 1 radical (unpaired) electrons. The fraction of sp³-hybridized carbons (Fsp3) is 0.0769. The van der Waals surface area contributed by atoms with Gasteiger partial charge >= 0.3 is 16.8 Å². The summed E-state index contributed by atoms with van der Waals surface area (Å²) in [5, 5.41) is 5.89. The third-order valence-corrected chi connectivity index (χ3v) is 10.2. The summed E-state index contributed by atoms with van der Waals surface area (Å²) in [6.07, 6.45) is 2.41. The van der Waals surface area contributed by atoms with E-state index in [2.05, 4.69) is 121 Å². The van der Waals surface area contributed by atoms with Gasteiger partial charge in [-0.2, -0.15) is 0 Å². The van der Waals surface area contributed by atoms with E-state index in [4.69, 9.17) is 0 Å². The van der Waals surface area contributed by atoms with Crippen LogP contribution in [-0.2, 0) is 16.8 Å². The minimum absolute atomic E-state index is 0. The molecule has 0 bridgehead atoms. The van der Waals surface area contributed by atoms with E-state index in [-0.39, 0.29) is 32.6 Å². The molecule has 0 aliphatic heterocycles. The van der Waals surface area contributed by atoms with Crippen molar-refractivity contribution < 1.29 is 16.8 Å². The fourth-order valence-corrected chi connectivity index (χ4v) is 8.80. The summed E-state index contributed by atoms with van der Waals surface area (Å²) in [5.41, 5.74) is 0. The second-order valence-electron chi connectivity index (χ2n) is 6.65. The molecular weight excluding hydrogens is 433 g/mol. The summed E-state index contributed by atoms with van der Waals surface area (Å²) < 4.78 is 0. The maximum Gasteiger partial charge on any atom is 2.00 e. The van der Waals surface area contributed by atoms with Gasteiger partial charge in [0.05, 0.1) is 0 Å². The first-order valence-corrected chi connectivity index (χ1v) is 12.7. The van der Waals surface area contributed by atoms with Crippen LogP contribution < -0.4 is 21.2 Å². The Bertz CT molecular complexity index is 798. The van der Waals surface area contributed by atoms with Crippen LogP contribution in [0.1, 0.15) is 0 Å². The summed E-state index contributed by atoms with van der Waals surface area (Å²) >= 11 is 0. The summed E-state index contributed by atoms with van der Waals surface area (Å²) in [6, 6.07) is 44.2. The van der Waals surface area contributed by atoms with Gasteiger partial charge in [0.2, 0.25) is 0 Å². The van der Waals surface area contributed by atoms with Crippen molar-refractivity contribution in [3.05, 3.63) is 121 Å². The Morgan fingerprint density at radius 3 is 0.759 bits per heavy atom. The second-order valence-corrected chi connectivity index (χ2v) is 11.3. The smallest absolute Gasteiger partial charge is 0.0622 e. The molecule has 0 aliphatic carbocycles.